The van der Waals surface area contributed by atoms with Crippen molar-refractivity contribution in [1.82, 2.24) is 19.7 Å². The molecule has 0 unspecified atom stereocenters. The first kappa shape index (κ1) is 14.7. The van der Waals surface area contributed by atoms with Gasteiger partial charge in [0.1, 0.15) is 5.56 Å². The van der Waals surface area contributed by atoms with Crippen LogP contribution in [0.25, 0.3) is 5.82 Å². The summed E-state index contributed by atoms with van der Waals surface area (Å²) in [6, 6.07) is 3.28. The van der Waals surface area contributed by atoms with Crippen molar-refractivity contribution in [2.45, 2.75) is 13.8 Å². The van der Waals surface area contributed by atoms with Gasteiger partial charge >= 0.3 is 5.97 Å². The molecule has 2 rings (SSSR count). The largest absolute Gasteiger partial charge is 0.478 e. The molecule has 0 atom stereocenters. The number of aromatic carboxylic acids is 1. The number of carbonyl (C=O) groups excluding carboxylic acids is 1. The zero-order chi connectivity index (χ0) is 15.7. The number of rotatable bonds is 3. The second-order valence-electron chi connectivity index (χ2n) is 4.87. The molecule has 1 N–H and O–H groups in total. The Morgan fingerprint density at radius 3 is 2.33 bits per heavy atom. The molecule has 0 aromatic carbocycles. The van der Waals surface area contributed by atoms with Crippen molar-refractivity contribution in [3.05, 3.63) is 40.8 Å². The molecule has 110 valence electrons. The minimum Gasteiger partial charge on any atom is -0.478 e. The molecule has 0 saturated carbocycles. The summed E-state index contributed by atoms with van der Waals surface area (Å²) in [7, 11) is 3.33. The molecule has 0 aliphatic carbocycles. The lowest BCUT2D eigenvalue weighted by Gasteiger charge is -2.10. The molecule has 0 bridgehead atoms. The van der Waals surface area contributed by atoms with Gasteiger partial charge < -0.3 is 10.0 Å². The molecule has 0 saturated heterocycles. The van der Waals surface area contributed by atoms with Crippen LogP contribution in [0.2, 0.25) is 0 Å². The fourth-order valence-corrected chi connectivity index (χ4v) is 2.07. The number of nitrogens with zero attached hydrogens (tertiary/aromatic N) is 4. The highest BCUT2D eigenvalue weighted by Crippen LogP contribution is 2.17. The van der Waals surface area contributed by atoms with E-state index < -0.39 is 5.97 Å². The number of aromatic nitrogens is 3. The van der Waals surface area contributed by atoms with Gasteiger partial charge in [-0.15, -0.1) is 0 Å². The van der Waals surface area contributed by atoms with Gasteiger partial charge in [-0.3, -0.25) is 4.79 Å². The van der Waals surface area contributed by atoms with Crippen molar-refractivity contribution in [2.24, 2.45) is 0 Å². The number of hydrogen-bond acceptors (Lipinski definition) is 4. The molecule has 21 heavy (non-hydrogen) atoms. The topological polar surface area (TPSA) is 88.3 Å². The van der Waals surface area contributed by atoms with E-state index in [1.54, 1.807) is 40.1 Å². The van der Waals surface area contributed by atoms with Crippen LogP contribution in [0.4, 0.5) is 0 Å². The van der Waals surface area contributed by atoms with Gasteiger partial charge in [-0.25, -0.2) is 14.5 Å². The Hall–Kier alpha value is -2.70. The summed E-state index contributed by atoms with van der Waals surface area (Å²) in [6.07, 6.45) is 1.45. The smallest absolute Gasteiger partial charge is 0.339 e. The van der Waals surface area contributed by atoms with E-state index in [9.17, 15) is 9.59 Å². The summed E-state index contributed by atoms with van der Waals surface area (Å²) in [5.74, 6) is -0.692. The van der Waals surface area contributed by atoms with E-state index in [1.807, 2.05) is 0 Å². The van der Waals surface area contributed by atoms with Crippen LogP contribution in [0, 0.1) is 13.8 Å². The van der Waals surface area contributed by atoms with Gasteiger partial charge in [0.05, 0.1) is 17.0 Å². The van der Waals surface area contributed by atoms with Crippen LogP contribution in [0.3, 0.4) is 0 Å². The van der Waals surface area contributed by atoms with Gasteiger partial charge in [-0.2, -0.15) is 5.10 Å². The monoisotopic (exact) mass is 288 g/mol. The number of hydrogen-bond donors (Lipinski definition) is 1. The third kappa shape index (κ3) is 2.62. The van der Waals surface area contributed by atoms with Crippen LogP contribution in [0.5, 0.6) is 0 Å². The van der Waals surface area contributed by atoms with E-state index in [-0.39, 0.29) is 11.5 Å². The normalized spacial score (nSPS) is 10.5. The third-order valence-electron chi connectivity index (χ3n) is 3.12. The van der Waals surface area contributed by atoms with Crippen LogP contribution >= 0.6 is 0 Å². The molecule has 0 radical (unpaired) electrons. The molecule has 2 heterocycles. The zero-order valence-corrected chi connectivity index (χ0v) is 12.3. The molecule has 1 amide bonds. The second-order valence-corrected chi connectivity index (χ2v) is 4.87. The molecule has 2 aromatic heterocycles. The lowest BCUT2D eigenvalue weighted by atomic mass is 10.2. The van der Waals surface area contributed by atoms with Gasteiger partial charge in [0.2, 0.25) is 0 Å². The predicted molar refractivity (Wildman–Crippen MR) is 75.8 cm³/mol. The lowest BCUT2D eigenvalue weighted by molar-refractivity contribution is 0.0694. The van der Waals surface area contributed by atoms with E-state index in [0.29, 0.717) is 22.8 Å². The average molecular weight is 288 g/mol. The molecular weight excluding hydrogens is 272 g/mol. The van der Waals surface area contributed by atoms with Crippen molar-refractivity contribution in [1.29, 1.82) is 0 Å². The molecule has 0 aliphatic heterocycles. The van der Waals surface area contributed by atoms with Crippen LogP contribution in [-0.4, -0.2) is 50.7 Å². The van der Waals surface area contributed by atoms with Crippen molar-refractivity contribution in [3.8, 4) is 5.82 Å². The summed E-state index contributed by atoms with van der Waals surface area (Å²) in [5, 5.41) is 13.4. The number of carbonyl (C=O) groups is 2. The second kappa shape index (κ2) is 5.35. The van der Waals surface area contributed by atoms with Crippen molar-refractivity contribution in [2.75, 3.05) is 14.1 Å². The zero-order valence-electron chi connectivity index (χ0n) is 12.3. The van der Waals surface area contributed by atoms with Crippen LogP contribution in [-0.2, 0) is 0 Å². The molecule has 2 aromatic rings. The Morgan fingerprint density at radius 2 is 1.90 bits per heavy atom. The molecular formula is C14H16N4O3. The number of carboxylic acids is 1. The fourth-order valence-electron chi connectivity index (χ4n) is 2.07. The average Bonchev–Trinajstić information content (AvgIpc) is 2.73. The van der Waals surface area contributed by atoms with Crippen molar-refractivity contribution >= 4 is 11.9 Å². The lowest BCUT2D eigenvalue weighted by Crippen LogP contribution is -2.21. The first-order valence-electron chi connectivity index (χ1n) is 6.30. The third-order valence-corrected chi connectivity index (χ3v) is 3.12. The number of pyridine rings is 1. The van der Waals surface area contributed by atoms with Gasteiger partial charge in [0.15, 0.2) is 5.82 Å². The number of carboxylic acid groups (broad SMARTS) is 1. The van der Waals surface area contributed by atoms with E-state index in [2.05, 4.69) is 10.1 Å². The Kier molecular flexibility index (Phi) is 3.75. The van der Waals surface area contributed by atoms with Crippen molar-refractivity contribution < 1.29 is 14.7 Å². The SMILES string of the molecule is Cc1nn(-c2ccc(C(=O)N(C)C)cn2)c(C)c1C(=O)O. The summed E-state index contributed by atoms with van der Waals surface area (Å²) < 4.78 is 1.46. The molecule has 0 aliphatic rings. The summed E-state index contributed by atoms with van der Waals surface area (Å²) in [4.78, 5) is 28.6. The molecule has 0 fully saturated rings. The molecule has 7 heteroatoms. The minimum atomic E-state index is -1.02. The van der Waals surface area contributed by atoms with Gasteiger partial charge in [0, 0.05) is 20.3 Å². The Labute approximate surface area is 121 Å². The minimum absolute atomic E-state index is 0.145. The highest BCUT2D eigenvalue weighted by molar-refractivity contribution is 5.93. The maximum absolute atomic E-state index is 11.8. The number of aryl methyl sites for hydroxylation is 1. The highest BCUT2D eigenvalue weighted by atomic mass is 16.4. The number of amides is 1. The van der Waals surface area contributed by atoms with E-state index in [4.69, 9.17) is 5.11 Å². The van der Waals surface area contributed by atoms with Crippen LogP contribution in [0.15, 0.2) is 18.3 Å². The molecule has 0 spiro atoms. The first-order chi connectivity index (χ1) is 9.82. The first-order valence-corrected chi connectivity index (χ1v) is 6.30. The Morgan fingerprint density at radius 1 is 1.24 bits per heavy atom. The van der Waals surface area contributed by atoms with E-state index in [0.717, 1.165) is 0 Å². The van der Waals surface area contributed by atoms with Crippen LogP contribution in [0.1, 0.15) is 32.1 Å². The van der Waals surface area contributed by atoms with Crippen molar-refractivity contribution in [3.63, 3.8) is 0 Å². The maximum atomic E-state index is 11.8. The summed E-state index contributed by atoms with van der Waals surface area (Å²) in [5.41, 5.74) is 1.56. The quantitative estimate of drug-likeness (QED) is 0.919. The van der Waals surface area contributed by atoms with Crippen LogP contribution < -0.4 is 0 Å². The molecule has 7 nitrogen and oxygen atoms in total. The van der Waals surface area contributed by atoms with E-state index >= 15 is 0 Å². The fraction of sp³-hybridized carbons (Fsp3) is 0.286. The Balaban J connectivity index is 2.42. The highest BCUT2D eigenvalue weighted by Gasteiger charge is 2.19. The van der Waals surface area contributed by atoms with Gasteiger partial charge in [0.25, 0.3) is 5.91 Å². The summed E-state index contributed by atoms with van der Waals surface area (Å²) in [6.45, 7) is 3.31. The Bertz CT molecular complexity index is 702. The van der Waals surface area contributed by atoms with Gasteiger partial charge in [-0.1, -0.05) is 0 Å². The summed E-state index contributed by atoms with van der Waals surface area (Å²) >= 11 is 0. The standard InChI is InChI=1S/C14H16N4O3/c1-8-12(14(20)21)9(2)18(16-8)11-6-5-10(7-15-11)13(19)17(3)4/h5-7H,1-4H3,(H,20,21). The van der Waals surface area contributed by atoms with Gasteiger partial charge in [-0.05, 0) is 26.0 Å². The maximum Gasteiger partial charge on any atom is 0.339 e. The predicted octanol–water partition coefficient (Wildman–Crippen LogP) is 1.28. The van der Waals surface area contributed by atoms with E-state index in [1.165, 1.54) is 15.8 Å².